The summed E-state index contributed by atoms with van der Waals surface area (Å²) in [5.41, 5.74) is 5.85. The predicted octanol–water partition coefficient (Wildman–Crippen LogP) is -0.713. The molecule has 112 valence electrons. The van der Waals surface area contributed by atoms with Crippen molar-refractivity contribution in [2.24, 2.45) is 10.7 Å². The van der Waals surface area contributed by atoms with Gasteiger partial charge in [-0.1, -0.05) is 0 Å². The summed E-state index contributed by atoms with van der Waals surface area (Å²) in [6, 6.07) is 0. The maximum absolute atomic E-state index is 11.6. The number of hydrogen-bond donors (Lipinski definition) is 1. The van der Waals surface area contributed by atoms with Crippen molar-refractivity contribution in [3.63, 3.8) is 0 Å². The van der Waals surface area contributed by atoms with Crippen molar-refractivity contribution >= 4 is 40.0 Å². The Balaban J connectivity index is 0.00000180. The Labute approximate surface area is 131 Å². The van der Waals surface area contributed by atoms with Gasteiger partial charge in [-0.25, -0.2) is 12.7 Å². The van der Waals surface area contributed by atoms with E-state index in [0.717, 1.165) is 13.1 Å². The number of nitrogens with two attached hydrogens (primary N) is 1. The van der Waals surface area contributed by atoms with Gasteiger partial charge in [0.25, 0.3) is 0 Å². The third-order valence-electron chi connectivity index (χ3n) is 3.16. The van der Waals surface area contributed by atoms with Crippen LogP contribution in [0.15, 0.2) is 4.99 Å². The van der Waals surface area contributed by atoms with E-state index >= 15 is 0 Å². The zero-order chi connectivity index (χ0) is 13.0. The van der Waals surface area contributed by atoms with Crippen LogP contribution in [0.1, 0.15) is 6.42 Å². The molecular formula is C10H21IN4O3S. The van der Waals surface area contributed by atoms with E-state index in [2.05, 4.69) is 4.99 Å². The van der Waals surface area contributed by atoms with E-state index in [1.807, 2.05) is 4.90 Å². The monoisotopic (exact) mass is 404 g/mol. The summed E-state index contributed by atoms with van der Waals surface area (Å²) in [6.07, 6.45) is 0.713. The Bertz CT molecular complexity index is 409. The van der Waals surface area contributed by atoms with Crippen LogP contribution < -0.4 is 5.73 Å². The second-order valence-electron chi connectivity index (χ2n) is 4.41. The second-order valence-corrected chi connectivity index (χ2v) is 6.50. The molecule has 0 spiro atoms. The Morgan fingerprint density at radius 2 is 1.95 bits per heavy atom. The Hall–Kier alpha value is -0.130. The number of guanidine groups is 1. The van der Waals surface area contributed by atoms with Crippen molar-refractivity contribution in [3.8, 4) is 0 Å². The summed E-state index contributed by atoms with van der Waals surface area (Å²) in [5, 5.41) is 0. The molecule has 2 aliphatic rings. The SMILES string of the molecule is I.NC(=NCCN1CCCS1(=O)=O)N1CCOCC1. The van der Waals surface area contributed by atoms with Gasteiger partial charge >= 0.3 is 0 Å². The molecule has 2 heterocycles. The quantitative estimate of drug-likeness (QED) is 0.382. The lowest BCUT2D eigenvalue weighted by Crippen LogP contribution is -2.45. The highest BCUT2D eigenvalue weighted by molar-refractivity contribution is 14.0. The van der Waals surface area contributed by atoms with Gasteiger partial charge in [-0.05, 0) is 6.42 Å². The fourth-order valence-electron chi connectivity index (χ4n) is 2.11. The molecule has 2 saturated heterocycles. The van der Waals surface area contributed by atoms with Gasteiger partial charge in [0.2, 0.25) is 10.0 Å². The first-order valence-electron chi connectivity index (χ1n) is 6.20. The van der Waals surface area contributed by atoms with Crippen LogP contribution in [0.25, 0.3) is 0 Å². The van der Waals surface area contributed by atoms with E-state index in [4.69, 9.17) is 10.5 Å². The van der Waals surface area contributed by atoms with E-state index in [1.165, 1.54) is 4.31 Å². The first-order valence-corrected chi connectivity index (χ1v) is 7.81. The third kappa shape index (κ3) is 4.72. The van der Waals surface area contributed by atoms with Gasteiger partial charge in [-0.3, -0.25) is 4.99 Å². The number of hydrogen-bond acceptors (Lipinski definition) is 4. The summed E-state index contributed by atoms with van der Waals surface area (Å²) >= 11 is 0. The number of rotatable bonds is 3. The number of aliphatic imine (C=N–C) groups is 1. The van der Waals surface area contributed by atoms with E-state index < -0.39 is 10.0 Å². The number of morpholine rings is 1. The maximum atomic E-state index is 11.6. The first kappa shape index (κ1) is 16.9. The van der Waals surface area contributed by atoms with Crippen LogP contribution in [0.4, 0.5) is 0 Å². The first-order chi connectivity index (χ1) is 8.59. The van der Waals surface area contributed by atoms with Gasteiger partial charge in [0.1, 0.15) is 0 Å². The van der Waals surface area contributed by atoms with Crippen LogP contribution in [0.5, 0.6) is 0 Å². The second kappa shape index (κ2) is 7.60. The fourth-order valence-corrected chi connectivity index (χ4v) is 3.63. The van der Waals surface area contributed by atoms with Crippen molar-refractivity contribution in [1.29, 1.82) is 0 Å². The minimum absolute atomic E-state index is 0. The average molecular weight is 404 g/mol. The predicted molar refractivity (Wildman–Crippen MR) is 84.3 cm³/mol. The number of sulfonamides is 1. The van der Waals surface area contributed by atoms with E-state index in [-0.39, 0.29) is 29.7 Å². The Morgan fingerprint density at radius 3 is 2.53 bits per heavy atom. The smallest absolute Gasteiger partial charge is 0.214 e. The Kier molecular flexibility index (Phi) is 6.77. The zero-order valence-electron chi connectivity index (χ0n) is 10.8. The van der Waals surface area contributed by atoms with E-state index in [9.17, 15) is 8.42 Å². The lowest BCUT2D eigenvalue weighted by molar-refractivity contribution is 0.0674. The molecule has 0 radical (unpaired) electrons. The fraction of sp³-hybridized carbons (Fsp3) is 0.900. The molecule has 0 aromatic rings. The van der Waals surface area contributed by atoms with Gasteiger partial charge in [0, 0.05) is 26.2 Å². The molecule has 0 bridgehead atoms. The average Bonchev–Trinajstić information content (AvgIpc) is 2.70. The normalized spacial score (nSPS) is 24.2. The molecule has 2 N–H and O–H groups in total. The summed E-state index contributed by atoms with van der Waals surface area (Å²) in [6.45, 7) is 4.27. The van der Waals surface area contributed by atoms with Crippen LogP contribution in [0.3, 0.4) is 0 Å². The van der Waals surface area contributed by atoms with Crippen LogP contribution in [-0.4, -0.2) is 75.3 Å². The van der Waals surface area contributed by atoms with E-state index in [0.29, 0.717) is 45.2 Å². The molecule has 7 nitrogen and oxygen atoms in total. The molecule has 0 aromatic heterocycles. The van der Waals surface area contributed by atoms with Gasteiger partial charge in [0.15, 0.2) is 5.96 Å². The molecule has 2 rings (SSSR count). The summed E-state index contributed by atoms with van der Waals surface area (Å²) < 4.78 is 29.8. The zero-order valence-corrected chi connectivity index (χ0v) is 14.0. The van der Waals surface area contributed by atoms with Crippen LogP contribution in [0, 0.1) is 0 Å². The topological polar surface area (TPSA) is 88.2 Å². The van der Waals surface area contributed by atoms with Crippen molar-refractivity contribution in [2.75, 3.05) is 51.7 Å². The molecule has 9 heteroatoms. The van der Waals surface area contributed by atoms with Gasteiger partial charge in [-0.2, -0.15) is 0 Å². The minimum Gasteiger partial charge on any atom is -0.378 e. The molecule has 0 unspecified atom stereocenters. The Morgan fingerprint density at radius 1 is 1.26 bits per heavy atom. The summed E-state index contributed by atoms with van der Waals surface area (Å²) in [7, 11) is -3.02. The van der Waals surface area contributed by atoms with Crippen LogP contribution in [-0.2, 0) is 14.8 Å². The largest absolute Gasteiger partial charge is 0.378 e. The van der Waals surface area contributed by atoms with Gasteiger partial charge < -0.3 is 15.4 Å². The molecule has 0 saturated carbocycles. The lowest BCUT2D eigenvalue weighted by Gasteiger charge is -2.27. The number of ether oxygens (including phenoxy) is 1. The molecule has 2 fully saturated rings. The minimum atomic E-state index is -3.02. The highest BCUT2D eigenvalue weighted by Gasteiger charge is 2.27. The molecule has 0 amide bonds. The third-order valence-corrected chi connectivity index (χ3v) is 5.12. The standard InChI is InChI=1S/C10H20N4O3S.HI/c11-10(13-5-7-17-8-6-13)12-2-4-14-3-1-9-18(14,15)16;/h1-9H2,(H2,11,12);1H. The number of halogens is 1. The summed E-state index contributed by atoms with van der Waals surface area (Å²) in [4.78, 5) is 6.20. The van der Waals surface area contributed by atoms with Crippen molar-refractivity contribution in [2.45, 2.75) is 6.42 Å². The molecule has 19 heavy (non-hydrogen) atoms. The molecule has 0 aliphatic carbocycles. The van der Waals surface area contributed by atoms with Crippen LogP contribution in [0.2, 0.25) is 0 Å². The molecular weight excluding hydrogens is 383 g/mol. The molecule has 0 aromatic carbocycles. The van der Waals surface area contributed by atoms with Crippen molar-refractivity contribution in [1.82, 2.24) is 9.21 Å². The number of nitrogens with zero attached hydrogens (tertiary/aromatic N) is 3. The van der Waals surface area contributed by atoms with Crippen molar-refractivity contribution < 1.29 is 13.2 Å². The van der Waals surface area contributed by atoms with Gasteiger partial charge in [0.05, 0.1) is 25.5 Å². The summed E-state index contributed by atoms with van der Waals surface area (Å²) in [5.74, 6) is 0.741. The molecule has 0 atom stereocenters. The van der Waals surface area contributed by atoms with Crippen LogP contribution >= 0.6 is 24.0 Å². The highest BCUT2D eigenvalue weighted by atomic mass is 127. The lowest BCUT2D eigenvalue weighted by atomic mass is 10.4. The maximum Gasteiger partial charge on any atom is 0.214 e. The van der Waals surface area contributed by atoms with Gasteiger partial charge in [-0.15, -0.1) is 24.0 Å². The molecule has 2 aliphatic heterocycles. The highest BCUT2D eigenvalue weighted by Crippen LogP contribution is 2.12. The van der Waals surface area contributed by atoms with Crippen molar-refractivity contribution in [3.05, 3.63) is 0 Å². The van der Waals surface area contributed by atoms with E-state index in [1.54, 1.807) is 0 Å².